The van der Waals surface area contributed by atoms with E-state index in [1.807, 2.05) is 13.0 Å². The second kappa shape index (κ2) is 12.8. The standard InChI is InChI=1S/C24H28N4O4S.3ClH/c1-4-27-9-11-28(12-10-27)23-15-20(24(29)30)19-14-18(7-8-21(19)25-23)26-33(31,32)22-13-16(2)5-6-17(22)3;;;/h5-8,13-15,26H,4,9-12H2,1-3H3,(H,29,30);3*1H. The molecule has 1 aliphatic heterocycles. The lowest BCUT2D eigenvalue weighted by molar-refractivity contribution is 0.0699. The number of pyridine rings is 1. The molecule has 2 heterocycles. The number of sulfonamides is 1. The molecule has 2 aromatic carbocycles. The van der Waals surface area contributed by atoms with E-state index in [0.717, 1.165) is 38.3 Å². The first-order valence-electron chi connectivity index (χ1n) is 10.9. The van der Waals surface area contributed by atoms with Crippen molar-refractivity contribution in [3.63, 3.8) is 0 Å². The van der Waals surface area contributed by atoms with E-state index < -0.39 is 16.0 Å². The van der Waals surface area contributed by atoms with Crippen LogP contribution in [0.1, 0.15) is 28.4 Å². The number of rotatable bonds is 6. The molecule has 0 amide bonds. The zero-order valence-corrected chi connectivity index (χ0v) is 23.5. The Kier molecular flexibility index (Phi) is 11.3. The van der Waals surface area contributed by atoms with E-state index in [1.54, 1.807) is 37.3 Å². The normalized spacial score (nSPS) is 13.8. The number of likely N-dealkylation sites (N-methyl/N-ethyl adjacent to an activating group) is 1. The van der Waals surface area contributed by atoms with Crippen molar-refractivity contribution in [2.75, 3.05) is 42.3 Å². The van der Waals surface area contributed by atoms with E-state index in [0.29, 0.717) is 22.3 Å². The first-order valence-corrected chi connectivity index (χ1v) is 12.4. The van der Waals surface area contributed by atoms with Gasteiger partial charge in [-0.05, 0) is 61.9 Å². The lowest BCUT2D eigenvalue weighted by Crippen LogP contribution is -2.46. The van der Waals surface area contributed by atoms with Crippen molar-refractivity contribution < 1.29 is 18.3 Å². The molecule has 198 valence electrons. The maximum Gasteiger partial charge on any atom is 0.336 e. The lowest BCUT2D eigenvalue weighted by Gasteiger charge is -2.35. The first kappa shape index (κ1) is 31.7. The number of piperazine rings is 1. The van der Waals surface area contributed by atoms with Crippen molar-refractivity contribution in [2.45, 2.75) is 25.7 Å². The van der Waals surface area contributed by atoms with E-state index in [1.165, 1.54) is 6.07 Å². The van der Waals surface area contributed by atoms with Gasteiger partial charge in [-0.2, -0.15) is 0 Å². The van der Waals surface area contributed by atoms with Crippen LogP contribution in [-0.4, -0.2) is 62.1 Å². The maximum atomic E-state index is 13.0. The molecular weight excluding hydrogens is 547 g/mol. The number of anilines is 2. The monoisotopic (exact) mass is 576 g/mol. The van der Waals surface area contributed by atoms with Crippen molar-refractivity contribution in [1.29, 1.82) is 0 Å². The zero-order valence-electron chi connectivity index (χ0n) is 20.2. The van der Waals surface area contributed by atoms with E-state index >= 15 is 0 Å². The SMILES string of the molecule is CCN1CCN(c2cc(C(=O)O)c3cc(NS(=O)(=O)c4cc(C)ccc4C)ccc3n2)CC1.Cl.Cl.Cl. The van der Waals surface area contributed by atoms with Gasteiger partial charge in [0.25, 0.3) is 10.0 Å². The van der Waals surface area contributed by atoms with Crippen LogP contribution in [0.2, 0.25) is 0 Å². The number of hydrogen-bond acceptors (Lipinski definition) is 6. The van der Waals surface area contributed by atoms with Gasteiger partial charge in [0, 0.05) is 37.3 Å². The molecular formula is C24H31Cl3N4O4S. The minimum atomic E-state index is -3.83. The molecule has 12 heteroatoms. The largest absolute Gasteiger partial charge is 0.478 e. The summed E-state index contributed by atoms with van der Waals surface area (Å²) in [6, 6.07) is 11.6. The van der Waals surface area contributed by atoms with Crippen molar-refractivity contribution in [2.24, 2.45) is 0 Å². The number of aryl methyl sites for hydroxylation is 2. The number of hydrogen-bond donors (Lipinski definition) is 2. The molecule has 1 fully saturated rings. The Morgan fingerprint density at radius 3 is 2.28 bits per heavy atom. The summed E-state index contributed by atoms with van der Waals surface area (Å²) >= 11 is 0. The molecule has 0 radical (unpaired) electrons. The molecule has 1 aliphatic rings. The Bertz CT molecular complexity index is 1330. The van der Waals surface area contributed by atoms with Crippen LogP contribution in [0.15, 0.2) is 47.4 Å². The predicted octanol–water partition coefficient (Wildman–Crippen LogP) is 4.76. The Labute approximate surface area is 230 Å². The third kappa shape index (κ3) is 6.72. The number of aromatic nitrogens is 1. The molecule has 1 aromatic heterocycles. The lowest BCUT2D eigenvalue weighted by atomic mass is 10.1. The van der Waals surface area contributed by atoms with E-state index in [-0.39, 0.29) is 53.4 Å². The van der Waals surface area contributed by atoms with Crippen LogP contribution >= 0.6 is 37.2 Å². The molecule has 36 heavy (non-hydrogen) atoms. The topological polar surface area (TPSA) is 103 Å². The fourth-order valence-electron chi connectivity index (χ4n) is 4.11. The number of carboxylic acids is 1. The van der Waals surface area contributed by atoms with E-state index in [2.05, 4.69) is 26.4 Å². The summed E-state index contributed by atoms with van der Waals surface area (Å²) in [6.45, 7) is 10.0. The molecule has 0 saturated carbocycles. The van der Waals surface area contributed by atoms with Gasteiger partial charge in [-0.15, -0.1) is 37.2 Å². The van der Waals surface area contributed by atoms with Crippen molar-refractivity contribution in [1.82, 2.24) is 9.88 Å². The molecule has 0 bridgehead atoms. The number of carbonyl (C=O) groups is 1. The van der Waals surface area contributed by atoms with Gasteiger partial charge in [-0.25, -0.2) is 18.2 Å². The fourth-order valence-corrected chi connectivity index (χ4v) is 5.49. The molecule has 2 N–H and O–H groups in total. The highest BCUT2D eigenvalue weighted by Crippen LogP contribution is 2.28. The van der Waals surface area contributed by atoms with Gasteiger partial charge >= 0.3 is 5.97 Å². The van der Waals surface area contributed by atoms with E-state index in [4.69, 9.17) is 0 Å². The van der Waals surface area contributed by atoms with Gasteiger partial charge in [0.1, 0.15) is 5.82 Å². The molecule has 1 saturated heterocycles. The fraction of sp³-hybridized carbons (Fsp3) is 0.333. The minimum Gasteiger partial charge on any atom is -0.478 e. The Morgan fingerprint density at radius 1 is 1.00 bits per heavy atom. The van der Waals surface area contributed by atoms with Crippen LogP contribution in [0.25, 0.3) is 10.9 Å². The van der Waals surface area contributed by atoms with Gasteiger partial charge < -0.3 is 14.9 Å². The summed E-state index contributed by atoms with van der Waals surface area (Å²) in [6.07, 6.45) is 0. The smallest absolute Gasteiger partial charge is 0.336 e. The summed E-state index contributed by atoms with van der Waals surface area (Å²) in [5, 5.41) is 10.2. The molecule has 4 rings (SSSR count). The summed E-state index contributed by atoms with van der Waals surface area (Å²) in [5.41, 5.74) is 2.37. The third-order valence-electron chi connectivity index (χ3n) is 6.05. The Morgan fingerprint density at radius 2 is 1.67 bits per heavy atom. The number of nitrogens with zero attached hydrogens (tertiary/aromatic N) is 3. The van der Waals surface area contributed by atoms with Gasteiger partial charge in [0.15, 0.2) is 0 Å². The van der Waals surface area contributed by atoms with Crippen LogP contribution < -0.4 is 9.62 Å². The number of benzene rings is 2. The molecule has 0 aliphatic carbocycles. The average Bonchev–Trinajstić information content (AvgIpc) is 2.79. The molecule has 0 atom stereocenters. The summed E-state index contributed by atoms with van der Waals surface area (Å²) < 4.78 is 28.6. The van der Waals surface area contributed by atoms with Crippen LogP contribution in [0.5, 0.6) is 0 Å². The highest BCUT2D eigenvalue weighted by atomic mass is 35.5. The van der Waals surface area contributed by atoms with Crippen molar-refractivity contribution >= 4 is 75.6 Å². The van der Waals surface area contributed by atoms with Crippen molar-refractivity contribution in [3.05, 3.63) is 59.2 Å². The highest BCUT2D eigenvalue weighted by molar-refractivity contribution is 7.92. The van der Waals surface area contributed by atoms with Gasteiger partial charge in [0.2, 0.25) is 0 Å². The van der Waals surface area contributed by atoms with Gasteiger partial charge in [-0.1, -0.05) is 19.1 Å². The quantitative estimate of drug-likeness (QED) is 0.435. The third-order valence-corrected chi connectivity index (χ3v) is 7.58. The summed E-state index contributed by atoms with van der Waals surface area (Å²) in [4.78, 5) is 21.4. The number of halogens is 3. The van der Waals surface area contributed by atoms with Gasteiger partial charge in [0.05, 0.1) is 16.0 Å². The minimum absolute atomic E-state index is 0. The second-order valence-electron chi connectivity index (χ2n) is 8.36. The number of aromatic carboxylic acids is 1. The zero-order chi connectivity index (χ0) is 23.8. The van der Waals surface area contributed by atoms with Crippen LogP contribution in [0, 0.1) is 13.8 Å². The van der Waals surface area contributed by atoms with Crippen LogP contribution in [0.3, 0.4) is 0 Å². The van der Waals surface area contributed by atoms with Crippen LogP contribution in [-0.2, 0) is 10.0 Å². The van der Waals surface area contributed by atoms with Crippen LogP contribution in [0.4, 0.5) is 11.5 Å². The van der Waals surface area contributed by atoms with Crippen molar-refractivity contribution in [3.8, 4) is 0 Å². The molecule has 3 aromatic rings. The molecule has 0 unspecified atom stereocenters. The molecule has 8 nitrogen and oxygen atoms in total. The average molecular weight is 578 g/mol. The highest BCUT2D eigenvalue weighted by Gasteiger charge is 2.22. The Balaban J connectivity index is 0.00000216. The summed E-state index contributed by atoms with van der Waals surface area (Å²) in [5.74, 6) is -0.454. The Hall–Kier alpha value is -2.30. The number of nitrogens with one attached hydrogen (secondary N) is 1. The van der Waals surface area contributed by atoms with Gasteiger partial charge in [-0.3, -0.25) is 4.72 Å². The maximum absolute atomic E-state index is 13.0. The predicted molar refractivity (Wildman–Crippen MR) is 151 cm³/mol. The summed E-state index contributed by atoms with van der Waals surface area (Å²) in [7, 11) is -3.83. The second-order valence-corrected chi connectivity index (χ2v) is 10.0. The molecule has 0 spiro atoms. The first-order chi connectivity index (χ1) is 15.7. The number of fused-ring (bicyclic) bond motifs is 1. The van der Waals surface area contributed by atoms with E-state index in [9.17, 15) is 18.3 Å². The number of carboxylic acid groups (broad SMARTS) is 1.